The van der Waals surface area contributed by atoms with Gasteiger partial charge in [-0.25, -0.2) is 0 Å². The fourth-order valence-corrected chi connectivity index (χ4v) is 2.30. The molecule has 0 amide bonds. The van der Waals surface area contributed by atoms with Crippen LogP contribution in [0.4, 0.5) is 0 Å². The van der Waals surface area contributed by atoms with Gasteiger partial charge in [-0.1, -0.05) is 0 Å². The summed E-state index contributed by atoms with van der Waals surface area (Å²) in [5, 5.41) is 0. The van der Waals surface area contributed by atoms with Crippen molar-refractivity contribution in [1.29, 1.82) is 0 Å². The van der Waals surface area contributed by atoms with Crippen molar-refractivity contribution in [1.82, 2.24) is 10.4 Å². The van der Waals surface area contributed by atoms with Crippen molar-refractivity contribution in [3.63, 3.8) is 0 Å². The number of hydrogen-bond acceptors (Lipinski definition) is 3. The molecule has 1 aromatic rings. The quantitative estimate of drug-likeness (QED) is 0.510. The summed E-state index contributed by atoms with van der Waals surface area (Å²) in [6.07, 6.45) is 7.44. The van der Waals surface area contributed by atoms with Gasteiger partial charge in [0.15, 0.2) is 0 Å². The van der Waals surface area contributed by atoms with Crippen molar-refractivity contribution in [2.75, 3.05) is 0 Å². The van der Waals surface area contributed by atoms with Gasteiger partial charge in [0.1, 0.15) is 0 Å². The van der Waals surface area contributed by atoms with E-state index < -0.39 is 0 Å². The Morgan fingerprint density at radius 2 is 2.36 bits per heavy atom. The maximum absolute atomic E-state index is 5.38. The fraction of sp³-hybridized carbons (Fsp3) is 0.222. The van der Waals surface area contributed by atoms with Crippen molar-refractivity contribution in [3.8, 4) is 12.3 Å². The number of halogens is 2. The zero-order valence-electron chi connectivity index (χ0n) is 7.30. The van der Waals surface area contributed by atoms with Crippen LogP contribution in [0.25, 0.3) is 0 Å². The van der Waals surface area contributed by atoms with Gasteiger partial charge < -0.3 is 0 Å². The van der Waals surface area contributed by atoms with Crippen LogP contribution in [0.1, 0.15) is 18.2 Å². The maximum atomic E-state index is 5.38. The summed E-state index contributed by atoms with van der Waals surface area (Å²) in [7, 11) is 0. The summed E-state index contributed by atoms with van der Waals surface area (Å²) >= 11 is 6.72. The van der Waals surface area contributed by atoms with E-state index in [9.17, 15) is 0 Å². The number of nitrogens with two attached hydrogens (primary N) is 1. The van der Waals surface area contributed by atoms with Gasteiger partial charge in [-0.05, 0) is 37.9 Å². The number of nitrogens with zero attached hydrogens (tertiary/aromatic N) is 1. The maximum Gasteiger partial charge on any atom is 0.0752 e. The Bertz CT molecular complexity index is 360. The van der Waals surface area contributed by atoms with Crippen LogP contribution in [0, 0.1) is 12.3 Å². The van der Waals surface area contributed by atoms with E-state index in [-0.39, 0.29) is 6.04 Å². The molecule has 1 atom stereocenters. The molecule has 74 valence electrons. The molecule has 0 aliphatic carbocycles. The van der Waals surface area contributed by atoms with Gasteiger partial charge >= 0.3 is 0 Å². The molecule has 5 heteroatoms. The minimum Gasteiger partial charge on any atom is -0.271 e. The zero-order chi connectivity index (χ0) is 10.6. The first-order valence-electron chi connectivity index (χ1n) is 3.89. The second kappa shape index (κ2) is 5.47. The molecular weight excluding hydrogens is 310 g/mol. The van der Waals surface area contributed by atoms with E-state index in [1.165, 1.54) is 0 Å². The number of rotatable bonds is 3. The van der Waals surface area contributed by atoms with Gasteiger partial charge in [-0.3, -0.25) is 16.3 Å². The highest BCUT2D eigenvalue weighted by Crippen LogP contribution is 2.25. The van der Waals surface area contributed by atoms with Gasteiger partial charge in [0, 0.05) is 21.6 Å². The third-order valence-electron chi connectivity index (χ3n) is 1.69. The SMILES string of the molecule is C#CCC(NN)c1ncc(Br)cc1Br. The van der Waals surface area contributed by atoms with Gasteiger partial charge in [-0.2, -0.15) is 0 Å². The zero-order valence-corrected chi connectivity index (χ0v) is 10.5. The first-order chi connectivity index (χ1) is 6.69. The summed E-state index contributed by atoms with van der Waals surface area (Å²) in [5.41, 5.74) is 3.44. The summed E-state index contributed by atoms with van der Waals surface area (Å²) in [6, 6.07) is 1.78. The second-order valence-corrected chi connectivity index (χ2v) is 4.42. The molecule has 3 N–H and O–H groups in total. The smallest absolute Gasteiger partial charge is 0.0752 e. The molecule has 0 aliphatic rings. The minimum absolute atomic E-state index is 0.123. The van der Waals surface area contributed by atoms with Gasteiger partial charge in [-0.15, -0.1) is 12.3 Å². The Morgan fingerprint density at radius 1 is 1.64 bits per heavy atom. The van der Waals surface area contributed by atoms with E-state index in [1.54, 1.807) is 6.20 Å². The van der Waals surface area contributed by atoms with Gasteiger partial charge in [0.2, 0.25) is 0 Å². The molecule has 1 heterocycles. The second-order valence-electron chi connectivity index (χ2n) is 2.65. The lowest BCUT2D eigenvalue weighted by Gasteiger charge is -2.13. The fourth-order valence-electron chi connectivity index (χ4n) is 1.03. The monoisotopic (exact) mass is 317 g/mol. The van der Waals surface area contributed by atoms with Crippen LogP contribution in [0.5, 0.6) is 0 Å². The number of aromatic nitrogens is 1. The van der Waals surface area contributed by atoms with E-state index in [1.807, 2.05) is 6.07 Å². The average molecular weight is 319 g/mol. The summed E-state index contributed by atoms with van der Waals surface area (Å²) in [6.45, 7) is 0. The number of nitrogens with one attached hydrogen (secondary N) is 1. The molecule has 1 unspecified atom stereocenters. The number of pyridine rings is 1. The first kappa shape index (κ1) is 11.7. The van der Waals surface area contributed by atoms with Crippen LogP contribution in [-0.2, 0) is 0 Å². The van der Waals surface area contributed by atoms with Gasteiger partial charge in [0.05, 0.1) is 11.7 Å². The lowest BCUT2D eigenvalue weighted by Crippen LogP contribution is -2.28. The molecular formula is C9H9Br2N3. The molecule has 0 spiro atoms. The van der Waals surface area contributed by atoms with Gasteiger partial charge in [0.25, 0.3) is 0 Å². The first-order valence-corrected chi connectivity index (χ1v) is 5.48. The predicted octanol–water partition coefficient (Wildman–Crippen LogP) is 2.13. The van der Waals surface area contributed by atoms with Crippen LogP contribution in [-0.4, -0.2) is 4.98 Å². The van der Waals surface area contributed by atoms with Crippen molar-refractivity contribution < 1.29 is 0 Å². The molecule has 0 saturated heterocycles. The Hall–Kier alpha value is -0.410. The number of terminal acetylenes is 1. The highest BCUT2D eigenvalue weighted by Gasteiger charge is 2.13. The van der Waals surface area contributed by atoms with E-state index in [0.717, 1.165) is 14.6 Å². The highest BCUT2D eigenvalue weighted by atomic mass is 79.9. The third kappa shape index (κ3) is 2.79. The van der Waals surface area contributed by atoms with Crippen LogP contribution >= 0.6 is 31.9 Å². The predicted molar refractivity (Wildman–Crippen MR) is 63.2 cm³/mol. The minimum atomic E-state index is -0.123. The Labute approximate surface area is 99.7 Å². The molecule has 0 aromatic carbocycles. The molecule has 0 fully saturated rings. The third-order valence-corrected chi connectivity index (χ3v) is 2.76. The summed E-state index contributed by atoms with van der Waals surface area (Å²) in [5.74, 6) is 7.92. The Kier molecular flexibility index (Phi) is 4.55. The van der Waals surface area contributed by atoms with Crippen LogP contribution < -0.4 is 11.3 Å². The molecule has 0 saturated carbocycles. The van der Waals surface area contributed by atoms with Crippen LogP contribution in [0.15, 0.2) is 21.2 Å². The Morgan fingerprint density at radius 3 is 2.86 bits per heavy atom. The Balaban J connectivity index is 2.99. The van der Waals surface area contributed by atoms with E-state index in [4.69, 9.17) is 12.3 Å². The molecule has 0 radical (unpaired) electrons. The van der Waals surface area contributed by atoms with Crippen molar-refractivity contribution in [2.24, 2.45) is 5.84 Å². The van der Waals surface area contributed by atoms with Crippen molar-refractivity contribution >= 4 is 31.9 Å². The number of hydrazine groups is 1. The van der Waals surface area contributed by atoms with E-state index >= 15 is 0 Å². The molecule has 3 nitrogen and oxygen atoms in total. The van der Waals surface area contributed by atoms with Crippen LogP contribution in [0.3, 0.4) is 0 Å². The molecule has 0 aliphatic heterocycles. The van der Waals surface area contributed by atoms with Crippen molar-refractivity contribution in [2.45, 2.75) is 12.5 Å². The lowest BCUT2D eigenvalue weighted by atomic mass is 10.1. The lowest BCUT2D eigenvalue weighted by molar-refractivity contribution is 0.551. The standard InChI is InChI=1S/C9H9Br2N3/c1-2-3-8(14-12)9-7(11)4-6(10)5-13-9/h1,4-5,8,14H,3,12H2. The number of hydrogen-bond donors (Lipinski definition) is 2. The highest BCUT2D eigenvalue weighted by molar-refractivity contribution is 9.11. The largest absolute Gasteiger partial charge is 0.271 e. The summed E-state index contributed by atoms with van der Waals surface area (Å²) in [4.78, 5) is 4.24. The molecule has 1 rings (SSSR count). The van der Waals surface area contributed by atoms with Crippen LogP contribution in [0.2, 0.25) is 0 Å². The molecule has 1 aromatic heterocycles. The molecule has 14 heavy (non-hydrogen) atoms. The molecule has 0 bridgehead atoms. The average Bonchev–Trinajstić information content (AvgIpc) is 2.15. The van der Waals surface area contributed by atoms with E-state index in [2.05, 4.69) is 48.2 Å². The summed E-state index contributed by atoms with van der Waals surface area (Å²) < 4.78 is 1.79. The van der Waals surface area contributed by atoms with E-state index in [0.29, 0.717) is 6.42 Å². The topological polar surface area (TPSA) is 50.9 Å². The normalized spacial score (nSPS) is 12.1. The van der Waals surface area contributed by atoms with Crippen molar-refractivity contribution in [3.05, 3.63) is 26.9 Å².